The lowest BCUT2D eigenvalue weighted by molar-refractivity contribution is -0.135. The lowest BCUT2D eigenvalue weighted by Gasteiger charge is -1.96. The second kappa shape index (κ2) is 24.2. The van der Waals surface area contributed by atoms with Crippen molar-refractivity contribution in [3.8, 4) is 0 Å². The Morgan fingerprint density at radius 3 is 0.857 bits per heavy atom. The van der Waals surface area contributed by atoms with E-state index >= 15 is 0 Å². The molecule has 12 heteroatoms. The van der Waals surface area contributed by atoms with Crippen LogP contribution in [-0.2, 0) is 14.4 Å². The van der Waals surface area contributed by atoms with E-state index in [4.69, 9.17) is 65.4 Å². The fraction of sp³-hybridized carbons (Fsp3) is 0.667. The standard InChI is InChI=1S/C3H8O3.3C2H3ClO2/c4-1-3(6)2-5;3*3-1-2(4)5/h3-6H,1-2H2;3*1H2,(H,4,5). The number of hydrogen-bond acceptors (Lipinski definition) is 6. The van der Waals surface area contributed by atoms with Gasteiger partial charge in [-0.3, -0.25) is 14.4 Å². The molecule has 0 saturated heterocycles. The first kappa shape index (κ1) is 28.3. The Morgan fingerprint density at radius 2 is 0.857 bits per heavy atom. The van der Waals surface area contributed by atoms with E-state index in [1.807, 2.05) is 0 Å². The van der Waals surface area contributed by atoms with Crippen LogP contribution in [0.15, 0.2) is 0 Å². The van der Waals surface area contributed by atoms with Crippen LogP contribution in [0.2, 0.25) is 0 Å². The van der Waals surface area contributed by atoms with Gasteiger partial charge in [-0.05, 0) is 0 Å². The molecule has 128 valence electrons. The third-order valence-electron chi connectivity index (χ3n) is 0.764. The lowest BCUT2D eigenvalue weighted by atomic mass is 10.4. The van der Waals surface area contributed by atoms with E-state index in [1.54, 1.807) is 0 Å². The summed E-state index contributed by atoms with van der Waals surface area (Å²) in [6.07, 6.45) is -0.954. The molecule has 0 saturated carbocycles. The molecule has 21 heavy (non-hydrogen) atoms. The summed E-state index contributed by atoms with van der Waals surface area (Å²) in [5, 5.41) is 46.8. The summed E-state index contributed by atoms with van der Waals surface area (Å²) in [6.45, 7) is -0.729. The molecule has 0 aromatic carbocycles. The molecule has 0 spiro atoms. The van der Waals surface area contributed by atoms with E-state index in [0.717, 1.165) is 0 Å². The lowest BCUT2D eigenvalue weighted by Crippen LogP contribution is -2.15. The van der Waals surface area contributed by atoms with E-state index in [1.165, 1.54) is 0 Å². The molecule has 6 N–H and O–H groups in total. The van der Waals surface area contributed by atoms with Gasteiger partial charge in [0.1, 0.15) is 23.7 Å². The molecule has 0 aliphatic rings. The van der Waals surface area contributed by atoms with Gasteiger partial charge < -0.3 is 30.6 Å². The zero-order valence-electron chi connectivity index (χ0n) is 10.7. The summed E-state index contributed by atoms with van der Waals surface area (Å²) in [5.74, 6) is -3.86. The summed E-state index contributed by atoms with van der Waals surface area (Å²) in [5.41, 5.74) is 0. The summed E-state index contributed by atoms with van der Waals surface area (Å²) in [4.78, 5) is 27.7. The topological polar surface area (TPSA) is 173 Å². The molecule has 0 radical (unpaired) electrons. The van der Waals surface area contributed by atoms with Crippen LogP contribution in [0.25, 0.3) is 0 Å². The van der Waals surface area contributed by atoms with Crippen LogP contribution in [0.4, 0.5) is 0 Å². The van der Waals surface area contributed by atoms with Crippen molar-refractivity contribution in [3.05, 3.63) is 0 Å². The van der Waals surface area contributed by atoms with Crippen molar-refractivity contribution in [3.63, 3.8) is 0 Å². The van der Waals surface area contributed by atoms with Crippen molar-refractivity contribution < 1.29 is 45.0 Å². The van der Waals surface area contributed by atoms with Crippen LogP contribution < -0.4 is 0 Å². The van der Waals surface area contributed by atoms with E-state index in [9.17, 15) is 14.4 Å². The molecule has 0 bridgehead atoms. The Kier molecular flexibility index (Phi) is 32.7. The third-order valence-corrected chi connectivity index (χ3v) is 1.45. The SMILES string of the molecule is O=C(O)CCl.O=C(O)CCl.O=C(O)CCl.OCC(O)CO. The Labute approximate surface area is 135 Å². The fourth-order valence-corrected chi connectivity index (χ4v) is 0.0577. The highest BCUT2D eigenvalue weighted by Crippen LogP contribution is 1.71. The van der Waals surface area contributed by atoms with Crippen LogP contribution in [0.5, 0.6) is 0 Å². The molecule has 0 amide bonds. The zero-order chi connectivity index (χ0) is 17.8. The predicted molar refractivity (Wildman–Crippen MR) is 75.2 cm³/mol. The monoisotopic (exact) mass is 374 g/mol. The normalized spacial score (nSPS) is 8.14. The first-order valence-corrected chi connectivity index (χ1v) is 6.46. The Hall–Kier alpha value is -0.840. The average molecular weight is 376 g/mol. The Morgan fingerprint density at radius 1 is 0.714 bits per heavy atom. The maximum Gasteiger partial charge on any atom is 0.318 e. The van der Waals surface area contributed by atoms with Gasteiger partial charge in [0.15, 0.2) is 0 Å². The van der Waals surface area contributed by atoms with Gasteiger partial charge in [0.25, 0.3) is 0 Å². The van der Waals surface area contributed by atoms with Gasteiger partial charge in [-0.1, -0.05) is 0 Å². The van der Waals surface area contributed by atoms with E-state index in [2.05, 4.69) is 0 Å². The maximum absolute atomic E-state index is 9.24. The molecule has 0 fully saturated rings. The van der Waals surface area contributed by atoms with E-state index in [0.29, 0.717) is 0 Å². The largest absolute Gasteiger partial charge is 0.480 e. The number of carbonyl (C=O) groups is 3. The number of carboxylic acids is 3. The highest BCUT2D eigenvalue weighted by Gasteiger charge is 1.93. The maximum atomic E-state index is 9.24. The number of alkyl halides is 3. The van der Waals surface area contributed by atoms with Crippen molar-refractivity contribution in [1.29, 1.82) is 0 Å². The predicted octanol–water partition coefficient (Wildman–Crippen LogP) is -0.739. The minimum atomic E-state index is -0.980. The Bertz CT molecular complexity index is 226. The molecule has 0 heterocycles. The molecule has 0 aromatic rings. The van der Waals surface area contributed by atoms with Crippen molar-refractivity contribution >= 4 is 52.7 Å². The van der Waals surface area contributed by atoms with Crippen LogP contribution in [0.1, 0.15) is 0 Å². The molecular weight excluding hydrogens is 358 g/mol. The number of aliphatic hydroxyl groups excluding tert-OH is 3. The summed E-state index contributed by atoms with van der Waals surface area (Å²) < 4.78 is 0. The minimum Gasteiger partial charge on any atom is -0.480 e. The molecule has 0 aliphatic heterocycles. The second-order valence-electron chi connectivity index (χ2n) is 2.60. The number of halogens is 3. The van der Waals surface area contributed by atoms with Crippen molar-refractivity contribution in [2.24, 2.45) is 0 Å². The van der Waals surface area contributed by atoms with Gasteiger partial charge >= 0.3 is 17.9 Å². The Balaban J connectivity index is -0.0000000921. The molecule has 0 rings (SSSR count). The van der Waals surface area contributed by atoms with Crippen molar-refractivity contribution in [2.45, 2.75) is 6.10 Å². The summed E-state index contributed by atoms with van der Waals surface area (Å²) >= 11 is 14.2. The molecule has 0 aliphatic carbocycles. The number of hydrogen-bond donors (Lipinski definition) is 6. The molecule has 0 aromatic heterocycles. The van der Waals surface area contributed by atoms with Gasteiger partial charge in [-0.15, -0.1) is 34.8 Å². The number of rotatable bonds is 5. The highest BCUT2D eigenvalue weighted by molar-refractivity contribution is 6.26. The van der Waals surface area contributed by atoms with Gasteiger partial charge in [0, 0.05) is 0 Å². The first-order valence-electron chi connectivity index (χ1n) is 4.85. The van der Waals surface area contributed by atoms with Crippen LogP contribution in [-0.4, -0.2) is 85.5 Å². The van der Waals surface area contributed by atoms with Crippen molar-refractivity contribution in [1.82, 2.24) is 0 Å². The third kappa shape index (κ3) is 67.2. The molecular formula is C9H17Cl3O9. The highest BCUT2D eigenvalue weighted by atomic mass is 35.5. The van der Waals surface area contributed by atoms with Crippen molar-refractivity contribution in [2.75, 3.05) is 30.9 Å². The van der Waals surface area contributed by atoms with E-state index in [-0.39, 0.29) is 30.9 Å². The smallest absolute Gasteiger partial charge is 0.318 e. The van der Waals surface area contributed by atoms with Gasteiger partial charge in [-0.2, -0.15) is 0 Å². The average Bonchev–Trinajstić information content (AvgIpc) is 2.47. The first-order chi connectivity index (χ1) is 9.62. The molecule has 0 unspecified atom stereocenters. The minimum absolute atomic E-state index is 0.306. The van der Waals surface area contributed by atoms with Gasteiger partial charge in [-0.25, -0.2) is 0 Å². The van der Waals surface area contributed by atoms with Crippen LogP contribution in [0, 0.1) is 0 Å². The molecule has 9 nitrogen and oxygen atoms in total. The number of aliphatic hydroxyl groups is 3. The fourth-order valence-electron chi connectivity index (χ4n) is 0.0577. The zero-order valence-corrected chi connectivity index (χ0v) is 12.9. The number of carboxylic acid groups (broad SMARTS) is 3. The summed E-state index contributed by atoms with van der Waals surface area (Å²) in [7, 11) is 0. The van der Waals surface area contributed by atoms with Crippen LogP contribution >= 0.6 is 34.8 Å². The van der Waals surface area contributed by atoms with E-state index < -0.39 is 24.0 Å². The van der Waals surface area contributed by atoms with Gasteiger partial charge in [0.05, 0.1) is 13.2 Å². The van der Waals surface area contributed by atoms with Crippen LogP contribution in [0.3, 0.4) is 0 Å². The second-order valence-corrected chi connectivity index (χ2v) is 3.40. The van der Waals surface area contributed by atoms with Gasteiger partial charge in [0.2, 0.25) is 0 Å². The quantitative estimate of drug-likeness (QED) is 0.338. The number of aliphatic carboxylic acids is 3. The summed E-state index contributed by atoms with van der Waals surface area (Å²) in [6, 6.07) is 0. The molecule has 0 atom stereocenters.